The van der Waals surface area contributed by atoms with E-state index >= 15 is 0 Å². The summed E-state index contributed by atoms with van der Waals surface area (Å²) < 4.78 is 0.952. The van der Waals surface area contributed by atoms with Crippen LogP contribution in [0.2, 0.25) is 0 Å². The third-order valence-electron chi connectivity index (χ3n) is 2.20. The molecule has 0 bridgehead atoms. The van der Waals surface area contributed by atoms with Crippen LogP contribution in [0.15, 0.2) is 10.5 Å². The van der Waals surface area contributed by atoms with Crippen LogP contribution < -0.4 is 0 Å². The molecule has 1 nitrogen and oxygen atoms in total. The van der Waals surface area contributed by atoms with E-state index in [1.165, 1.54) is 4.88 Å². The summed E-state index contributed by atoms with van der Waals surface area (Å²) in [4.78, 5) is 14.0. The van der Waals surface area contributed by atoms with Crippen molar-refractivity contribution in [2.24, 2.45) is 5.92 Å². The van der Waals surface area contributed by atoms with E-state index in [1.807, 2.05) is 19.9 Å². The standard InChI is InChI=1S/C11H15BrOS/c1-4-5-7(2)10(13)11-9(12)6-8(3)14-11/h6-7H,4-5H2,1-3H3. The normalized spacial score (nSPS) is 12.9. The van der Waals surface area contributed by atoms with Crippen molar-refractivity contribution in [1.29, 1.82) is 0 Å². The molecule has 1 aromatic rings. The SMILES string of the molecule is CCCC(C)C(=O)c1sc(C)cc1Br. The van der Waals surface area contributed by atoms with Crippen molar-refractivity contribution in [3.05, 3.63) is 20.3 Å². The van der Waals surface area contributed by atoms with Crippen LogP contribution in [0.4, 0.5) is 0 Å². The molecular weight excluding hydrogens is 260 g/mol. The number of hydrogen-bond acceptors (Lipinski definition) is 2. The Morgan fingerprint density at radius 1 is 1.64 bits per heavy atom. The number of carbonyl (C=O) groups excluding carboxylic acids is 1. The van der Waals surface area contributed by atoms with Crippen LogP contribution in [0.3, 0.4) is 0 Å². The molecule has 1 aromatic heterocycles. The third kappa shape index (κ3) is 2.67. The summed E-state index contributed by atoms with van der Waals surface area (Å²) in [6, 6.07) is 2.01. The molecule has 1 atom stereocenters. The number of hydrogen-bond donors (Lipinski definition) is 0. The van der Waals surface area contributed by atoms with Crippen molar-refractivity contribution >= 4 is 33.0 Å². The molecule has 0 amide bonds. The molecule has 0 fully saturated rings. The minimum atomic E-state index is 0.148. The molecule has 0 aliphatic rings. The summed E-state index contributed by atoms with van der Waals surface area (Å²) in [5, 5.41) is 0. The van der Waals surface area contributed by atoms with Gasteiger partial charge in [-0.25, -0.2) is 0 Å². The van der Waals surface area contributed by atoms with E-state index < -0.39 is 0 Å². The van der Waals surface area contributed by atoms with E-state index in [0.717, 1.165) is 22.2 Å². The first-order valence-electron chi connectivity index (χ1n) is 4.86. The van der Waals surface area contributed by atoms with Gasteiger partial charge in [-0.2, -0.15) is 0 Å². The predicted molar refractivity (Wildman–Crippen MR) is 65.2 cm³/mol. The quantitative estimate of drug-likeness (QED) is 0.742. The van der Waals surface area contributed by atoms with Gasteiger partial charge in [0.05, 0.1) is 4.88 Å². The number of halogens is 1. The van der Waals surface area contributed by atoms with Crippen LogP contribution in [0.1, 0.15) is 41.2 Å². The Hall–Kier alpha value is -0.150. The molecule has 1 heterocycles. The zero-order valence-corrected chi connectivity index (χ0v) is 11.2. The van der Waals surface area contributed by atoms with Gasteiger partial charge < -0.3 is 0 Å². The summed E-state index contributed by atoms with van der Waals surface area (Å²) >= 11 is 5.01. The van der Waals surface area contributed by atoms with Gasteiger partial charge in [0.1, 0.15) is 0 Å². The highest BCUT2D eigenvalue weighted by atomic mass is 79.9. The molecule has 14 heavy (non-hydrogen) atoms. The summed E-state index contributed by atoms with van der Waals surface area (Å²) in [6.45, 7) is 6.14. The average Bonchev–Trinajstić information content (AvgIpc) is 2.44. The zero-order valence-electron chi connectivity index (χ0n) is 8.76. The van der Waals surface area contributed by atoms with Crippen molar-refractivity contribution < 1.29 is 4.79 Å². The fourth-order valence-corrected chi connectivity index (χ4v) is 3.33. The number of rotatable bonds is 4. The van der Waals surface area contributed by atoms with E-state index in [0.29, 0.717) is 0 Å². The van der Waals surface area contributed by atoms with Gasteiger partial charge in [0.15, 0.2) is 5.78 Å². The molecular formula is C11H15BrOS. The minimum Gasteiger partial charge on any atom is -0.293 e. The topological polar surface area (TPSA) is 17.1 Å². The highest BCUT2D eigenvalue weighted by Gasteiger charge is 2.18. The maximum atomic E-state index is 11.9. The van der Waals surface area contributed by atoms with Gasteiger partial charge in [-0.1, -0.05) is 20.3 Å². The van der Waals surface area contributed by atoms with E-state index in [1.54, 1.807) is 11.3 Å². The minimum absolute atomic E-state index is 0.148. The van der Waals surface area contributed by atoms with Gasteiger partial charge in [-0.3, -0.25) is 4.79 Å². The van der Waals surface area contributed by atoms with Crippen LogP contribution >= 0.6 is 27.3 Å². The predicted octanol–water partition coefficient (Wildman–Crippen LogP) is 4.44. The Bertz CT molecular complexity index is 330. The lowest BCUT2D eigenvalue weighted by Crippen LogP contribution is -2.09. The number of aryl methyl sites for hydroxylation is 1. The first kappa shape index (κ1) is 11.9. The Kier molecular flexibility index (Phi) is 4.32. The second kappa shape index (κ2) is 5.08. The van der Waals surface area contributed by atoms with Gasteiger partial charge >= 0.3 is 0 Å². The van der Waals surface area contributed by atoms with Crippen LogP contribution in [-0.2, 0) is 0 Å². The van der Waals surface area contributed by atoms with Crippen molar-refractivity contribution in [2.45, 2.75) is 33.6 Å². The van der Waals surface area contributed by atoms with Gasteiger partial charge in [0, 0.05) is 15.3 Å². The largest absolute Gasteiger partial charge is 0.293 e. The van der Waals surface area contributed by atoms with Crippen molar-refractivity contribution in [3.63, 3.8) is 0 Å². The molecule has 0 aliphatic carbocycles. The van der Waals surface area contributed by atoms with Crippen LogP contribution in [0.5, 0.6) is 0 Å². The first-order valence-corrected chi connectivity index (χ1v) is 6.47. The Morgan fingerprint density at radius 2 is 2.29 bits per heavy atom. The lowest BCUT2D eigenvalue weighted by Gasteiger charge is -2.07. The molecule has 1 unspecified atom stereocenters. The van der Waals surface area contributed by atoms with E-state index in [9.17, 15) is 4.79 Å². The molecule has 0 N–H and O–H groups in total. The lowest BCUT2D eigenvalue weighted by molar-refractivity contribution is 0.0927. The highest BCUT2D eigenvalue weighted by Crippen LogP contribution is 2.29. The van der Waals surface area contributed by atoms with Gasteiger partial charge in [0.2, 0.25) is 0 Å². The molecule has 0 saturated carbocycles. The number of thiophene rings is 1. The Morgan fingerprint density at radius 3 is 2.71 bits per heavy atom. The van der Waals surface area contributed by atoms with E-state index in [2.05, 4.69) is 22.9 Å². The van der Waals surface area contributed by atoms with E-state index in [4.69, 9.17) is 0 Å². The molecule has 3 heteroatoms. The summed E-state index contributed by atoms with van der Waals surface area (Å²) in [5.74, 6) is 0.422. The fourth-order valence-electron chi connectivity index (χ4n) is 1.44. The number of Topliss-reactive ketones (excluding diaryl/α,β-unsaturated/α-hetero) is 1. The zero-order chi connectivity index (χ0) is 10.7. The molecule has 0 aromatic carbocycles. The molecule has 0 saturated heterocycles. The second-order valence-corrected chi connectivity index (χ2v) is 5.70. The maximum Gasteiger partial charge on any atom is 0.176 e. The summed E-state index contributed by atoms with van der Waals surface area (Å²) in [5.41, 5.74) is 0. The molecule has 0 spiro atoms. The van der Waals surface area contributed by atoms with Crippen molar-refractivity contribution in [1.82, 2.24) is 0 Å². The van der Waals surface area contributed by atoms with E-state index in [-0.39, 0.29) is 11.7 Å². The van der Waals surface area contributed by atoms with Crippen LogP contribution in [0.25, 0.3) is 0 Å². The number of carbonyl (C=O) groups is 1. The third-order valence-corrected chi connectivity index (χ3v) is 4.16. The summed E-state index contributed by atoms with van der Waals surface area (Å²) in [6.07, 6.45) is 2.04. The van der Waals surface area contributed by atoms with Gasteiger partial charge in [-0.15, -0.1) is 11.3 Å². The Labute approximate surface area is 97.7 Å². The monoisotopic (exact) mass is 274 g/mol. The molecule has 0 aliphatic heterocycles. The number of ketones is 1. The smallest absolute Gasteiger partial charge is 0.176 e. The van der Waals surface area contributed by atoms with Crippen LogP contribution in [0, 0.1) is 12.8 Å². The first-order chi connectivity index (χ1) is 6.56. The maximum absolute atomic E-state index is 11.9. The molecule has 1 rings (SSSR count). The van der Waals surface area contributed by atoms with Gasteiger partial charge in [-0.05, 0) is 35.3 Å². The van der Waals surface area contributed by atoms with Gasteiger partial charge in [0.25, 0.3) is 0 Å². The van der Waals surface area contributed by atoms with Crippen LogP contribution in [-0.4, -0.2) is 5.78 Å². The van der Waals surface area contributed by atoms with Crippen molar-refractivity contribution in [3.8, 4) is 0 Å². The molecule has 0 radical (unpaired) electrons. The van der Waals surface area contributed by atoms with Crippen molar-refractivity contribution in [2.75, 3.05) is 0 Å². The Balaban J connectivity index is 2.83. The average molecular weight is 275 g/mol. The highest BCUT2D eigenvalue weighted by molar-refractivity contribution is 9.10. The summed E-state index contributed by atoms with van der Waals surface area (Å²) in [7, 11) is 0. The lowest BCUT2D eigenvalue weighted by atomic mass is 10.0. The molecule has 78 valence electrons. The second-order valence-electron chi connectivity index (χ2n) is 3.59. The fraction of sp³-hybridized carbons (Fsp3) is 0.545.